The lowest BCUT2D eigenvalue weighted by atomic mass is 10.1. The average Bonchev–Trinajstić information content (AvgIpc) is 2.64. The zero-order valence-corrected chi connectivity index (χ0v) is 18.2. The SMILES string of the molecule is Cc1ccc(S(=O)(=O)N(Cc2c(Cl)cccc2Cl)c2cc(C)ccc2C)cc1. The lowest BCUT2D eigenvalue weighted by Crippen LogP contribution is -2.31. The minimum atomic E-state index is -3.83. The van der Waals surface area contributed by atoms with Gasteiger partial charge < -0.3 is 0 Å². The highest BCUT2D eigenvalue weighted by Gasteiger charge is 2.28. The van der Waals surface area contributed by atoms with Gasteiger partial charge in [0.25, 0.3) is 10.0 Å². The standard InChI is InChI=1S/C22H21Cl2NO2S/c1-15-8-11-18(12-9-15)28(26,27)25(22-13-16(2)7-10-17(22)3)14-19-20(23)5-4-6-21(19)24/h4-13H,14H2,1-3H3. The van der Waals surface area contributed by atoms with Gasteiger partial charge in [-0.2, -0.15) is 0 Å². The molecule has 28 heavy (non-hydrogen) atoms. The Morgan fingerprint density at radius 2 is 1.39 bits per heavy atom. The molecule has 6 heteroatoms. The molecule has 3 nitrogen and oxygen atoms in total. The van der Waals surface area contributed by atoms with E-state index in [9.17, 15) is 8.42 Å². The molecule has 0 spiro atoms. The van der Waals surface area contributed by atoms with Crippen molar-refractivity contribution in [2.24, 2.45) is 0 Å². The summed E-state index contributed by atoms with van der Waals surface area (Å²) in [5, 5.41) is 0.865. The van der Waals surface area contributed by atoms with E-state index in [4.69, 9.17) is 23.2 Å². The third-order valence-electron chi connectivity index (χ3n) is 4.61. The summed E-state index contributed by atoms with van der Waals surface area (Å²) in [4.78, 5) is 0.224. The Bertz CT molecular complexity index is 1090. The van der Waals surface area contributed by atoms with Crippen LogP contribution < -0.4 is 4.31 Å². The van der Waals surface area contributed by atoms with Crippen LogP contribution in [0, 0.1) is 20.8 Å². The van der Waals surface area contributed by atoms with Gasteiger partial charge in [-0.3, -0.25) is 4.31 Å². The highest BCUT2D eigenvalue weighted by molar-refractivity contribution is 7.92. The summed E-state index contributed by atoms with van der Waals surface area (Å²) in [5.41, 5.74) is 3.99. The van der Waals surface area contributed by atoms with E-state index in [0.29, 0.717) is 21.3 Å². The zero-order chi connectivity index (χ0) is 20.5. The normalized spacial score (nSPS) is 11.5. The Hall–Kier alpha value is -2.01. The van der Waals surface area contributed by atoms with Crippen LogP contribution in [0.5, 0.6) is 0 Å². The molecule has 0 saturated carbocycles. The Morgan fingerprint density at radius 1 is 0.821 bits per heavy atom. The molecule has 0 unspecified atom stereocenters. The predicted molar refractivity (Wildman–Crippen MR) is 117 cm³/mol. The van der Waals surface area contributed by atoms with Crippen LogP contribution in [0.15, 0.2) is 65.6 Å². The monoisotopic (exact) mass is 433 g/mol. The second kappa shape index (κ2) is 8.16. The number of aryl methyl sites for hydroxylation is 3. The number of hydrogen-bond acceptors (Lipinski definition) is 2. The van der Waals surface area contributed by atoms with Crippen molar-refractivity contribution in [3.8, 4) is 0 Å². The van der Waals surface area contributed by atoms with Gasteiger partial charge in [0, 0.05) is 15.6 Å². The first-order chi connectivity index (χ1) is 13.2. The molecular formula is C22H21Cl2NO2S. The molecule has 0 atom stereocenters. The Kier molecular flexibility index (Phi) is 6.04. The molecule has 0 heterocycles. The van der Waals surface area contributed by atoms with Gasteiger partial charge in [0.1, 0.15) is 0 Å². The number of hydrogen-bond donors (Lipinski definition) is 0. The zero-order valence-electron chi connectivity index (χ0n) is 15.9. The van der Waals surface area contributed by atoms with Gasteiger partial charge in [-0.25, -0.2) is 8.42 Å². The third kappa shape index (κ3) is 4.19. The molecule has 0 N–H and O–H groups in total. The van der Waals surface area contributed by atoms with E-state index in [-0.39, 0.29) is 11.4 Å². The lowest BCUT2D eigenvalue weighted by molar-refractivity contribution is 0.590. The molecule has 0 aliphatic rings. The molecule has 0 fully saturated rings. The summed E-state index contributed by atoms with van der Waals surface area (Å²) < 4.78 is 28.5. The minimum Gasteiger partial charge on any atom is -0.262 e. The van der Waals surface area contributed by atoms with Crippen LogP contribution >= 0.6 is 23.2 Å². The fourth-order valence-electron chi connectivity index (χ4n) is 2.95. The quantitative estimate of drug-likeness (QED) is 0.472. The van der Waals surface area contributed by atoms with Gasteiger partial charge in [-0.05, 0) is 62.2 Å². The topological polar surface area (TPSA) is 37.4 Å². The second-order valence-corrected chi connectivity index (χ2v) is 9.49. The summed E-state index contributed by atoms with van der Waals surface area (Å²) in [6, 6.07) is 17.7. The highest BCUT2D eigenvalue weighted by atomic mass is 35.5. The molecule has 0 amide bonds. The minimum absolute atomic E-state index is 0.0407. The largest absolute Gasteiger partial charge is 0.264 e. The molecular weight excluding hydrogens is 413 g/mol. The molecule has 0 radical (unpaired) electrons. The van der Waals surface area contributed by atoms with Gasteiger partial charge >= 0.3 is 0 Å². The van der Waals surface area contributed by atoms with Crippen molar-refractivity contribution in [2.75, 3.05) is 4.31 Å². The van der Waals surface area contributed by atoms with E-state index in [2.05, 4.69) is 0 Å². The van der Waals surface area contributed by atoms with Crippen molar-refractivity contribution < 1.29 is 8.42 Å². The summed E-state index contributed by atoms with van der Waals surface area (Å²) >= 11 is 12.7. The third-order valence-corrected chi connectivity index (χ3v) is 7.09. The first-order valence-electron chi connectivity index (χ1n) is 8.79. The van der Waals surface area contributed by atoms with Crippen molar-refractivity contribution in [2.45, 2.75) is 32.2 Å². The number of rotatable bonds is 5. The van der Waals surface area contributed by atoms with Crippen molar-refractivity contribution in [1.29, 1.82) is 0 Å². The van der Waals surface area contributed by atoms with Gasteiger partial charge in [0.05, 0.1) is 17.1 Å². The van der Waals surface area contributed by atoms with Crippen LogP contribution in [-0.2, 0) is 16.6 Å². The van der Waals surface area contributed by atoms with Crippen molar-refractivity contribution in [1.82, 2.24) is 0 Å². The van der Waals surface area contributed by atoms with Crippen LogP contribution in [0.4, 0.5) is 5.69 Å². The number of anilines is 1. The van der Waals surface area contributed by atoms with Gasteiger partial charge in [0.15, 0.2) is 0 Å². The summed E-state index contributed by atoms with van der Waals surface area (Å²) in [6.45, 7) is 5.78. The van der Waals surface area contributed by atoms with Crippen molar-refractivity contribution in [3.63, 3.8) is 0 Å². The van der Waals surface area contributed by atoms with Crippen LogP contribution in [0.2, 0.25) is 10.0 Å². The van der Waals surface area contributed by atoms with Gasteiger partial charge in [0.2, 0.25) is 0 Å². The van der Waals surface area contributed by atoms with E-state index in [1.54, 1.807) is 42.5 Å². The Labute approximate surface area is 176 Å². The average molecular weight is 434 g/mol. The second-order valence-electron chi connectivity index (χ2n) is 6.81. The molecule has 3 aromatic carbocycles. The predicted octanol–water partition coefficient (Wildman–Crippen LogP) is 6.31. The first-order valence-corrected chi connectivity index (χ1v) is 11.0. The number of benzene rings is 3. The van der Waals surface area contributed by atoms with E-state index in [1.807, 2.05) is 39.0 Å². The maximum Gasteiger partial charge on any atom is 0.264 e. The van der Waals surface area contributed by atoms with Crippen LogP contribution in [-0.4, -0.2) is 8.42 Å². The summed E-state index contributed by atoms with van der Waals surface area (Å²) in [6.07, 6.45) is 0. The molecule has 146 valence electrons. The lowest BCUT2D eigenvalue weighted by Gasteiger charge is -2.27. The molecule has 0 saturated heterocycles. The van der Waals surface area contributed by atoms with E-state index in [1.165, 1.54) is 4.31 Å². The van der Waals surface area contributed by atoms with Crippen LogP contribution in [0.1, 0.15) is 22.3 Å². The maximum atomic E-state index is 13.6. The van der Waals surface area contributed by atoms with E-state index < -0.39 is 10.0 Å². The molecule has 3 aromatic rings. The molecule has 3 rings (SSSR count). The Morgan fingerprint density at radius 3 is 2.00 bits per heavy atom. The number of sulfonamides is 1. The maximum absolute atomic E-state index is 13.6. The van der Waals surface area contributed by atoms with Crippen LogP contribution in [0.25, 0.3) is 0 Å². The fraction of sp³-hybridized carbons (Fsp3) is 0.182. The summed E-state index contributed by atoms with van der Waals surface area (Å²) in [7, 11) is -3.83. The van der Waals surface area contributed by atoms with Gasteiger partial charge in [-0.1, -0.05) is 59.1 Å². The van der Waals surface area contributed by atoms with Crippen molar-refractivity contribution >= 4 is 38.9 Å². The van der Waals surface area contributed by atoms with Gasteiger partial charge in [-0.15, -0.1) is 0 Å². The van der Waals surface area contributed by atoms with Crippen molar-refractivity contribution in [3.05, 3.63) is 93.0 Å². The first kappa shape index (κ1) is 20.7. The van der Waals surface area contributed by atoms with E-state index >= 15 is 0 Å². The molecule has 0 aliphatic carbocycles. The number of halogens is 2. The van der Waals surface area contributed by atoms with Crippen LogP contribution in [0.3, 0.4) is 0 Å². The Balaban J connectivity index is 2.19. The molecule has 0 bridgehead atoms. The highest BCUT2D eigenvalue weighted by Crippen LogP contribution is 2.33. The summed E-state index contributed by atoms with van der Waals surface area (Å²) in [5.74, 6) is 0. The molecule has 0 aromatic heterocycles. The van der Waals surface area contributed by atoms with E-state index in [0.717, 1.165) is 16.7 Å². The smallest absolute Gasteiger partial charge is 0.262 e. The number of nitrogens with zero attached hydrogens (tertiary/aromatic N) is 1. The fourth-order valence-corrected chi connectivity index (χ4v) is 4.96. The molecule has 0 aliphatic heterocycles.